The Kier molecular flexibility index (Phi) is 7.50. The lowest BCUT2D eigenvalue weighted by Crippen LogP contribution is -2.47. The average Bonchev–Trinajstić information content (AvgIpc) is 2.18. The second kappa shape index (κ2) is 7.43. The molecule has 0 aliphatic rings. The van der Waals surface area contributed by atoms with Crippen LogP contribution in [0.3, 0.4) is 0 Å². The molecule has 0 bridgehead atoms. The third kappa shape index (κ3) is 4.11. The van der Waals surface area contributed by atoms with Crippen molar-refractivity contribution >= 4 is 20.4 Å². The van der Waals surface area contributed by atoms with Crippen molar-refractivity contribution in [2.75, 3.05) is 6.61 Å². The molecule has 0 aliphatic heterocycles. The Morgan fingerprint density at radius 2 is 1.79 bits per heavy atom. The molecule has 0 saturated carbocycles. The van der Waals surface area contributed by atoms with Crippen LogP contribution in [0.1, 0.15) is 0 Å². The van der Waals surface area contributed by atoms with Crippen molar-refractivity contribution in [3.8, 4) is 0 Å². The maximum Gasteiger partial charge on any atom is 0.257 e. The van der Waals surface area contributed by atoms with Gasteiger partial charge in [0, 0.05) is 0 Å². The van der Waals surface area contributed by atoms with E-state index < -0.39 is 31.2 Å². The summed E-state index contributed by atoms with van der Waals surface area (Å²) < 4.78 is 16.9. The minimum Gasteiger partial charge on any atom is -0.436 e. The molecule has 0 amide bonds. The molecule has 0 spiro atoms. The lowest BCUT2D eigenvalue weighted by atomic mass is 10.1. The first-order valence-electron chi connectivity index (χ1n) is 3.73. The van der Waals surface area contributed by atoms with E-state index in [0.717, 1.165) is 0 Å². The molecule has 0 radical (unpaired) electrons. The highest BCUT2D eigenvalue weighted by atomic mass is 32.2. The molecule has 0 heterocycles. The maximum atomic E-state index is 9.31. The smallest absolute Gasteiger partial charge is 0.257 e. The maximum absolute atomic E-state index is 9.31. The summed E-state index contributed by atoms with van der Waals surface area (Å²) in [5, 5.41) is 36.2. The summed E-state index contributed by atoms with van der Waals surface area (Å²) in [6, 6.07) is 0. The van der Waals surface area contributed by atoms with E-state index in [1.165, 1.54) is 8.05 Å². The van der Waals surface area contributed by atoms with Gasteiger partial charge in [0.25, 0.3) is 8.05 Å². The first-order valence-corrected chi connectivity index (χ1v) is 4.43. The van der Waals surface area contributed by atoms with Crippen LogP contribution in [0.25, 0.3) is 0 Å². The Balaban J connectivity index is 4.13. The van der Waals surface area contributed by atoms with Crippen molar-refractivity contribution in [3.05, 3.63) is 0 Å². The van der Waals surface area contributed by atoms with Crippen LogP contribution in [0.2, 0.25) is 0 Å². The monoisotopic (exact) mass is 228 g/mol. The topological polar surface area (TPSA) is 120 Å². The average molecular weight is 228 g/mol. The summed E-state index contributed by atoms with van der Waals surface area (Å²) in [6.45, 7) is -0.520. The number of hydrogen-bond acceptors (Lipinski definition) is 8. The van der Waals surface area contributed by atoms with Gasteiger partial charge in [-0.1, -0.05) is 0 Å². The van der Waals surface area contributed by atoms with Gasteiger partial charge in [0.15, 0.2) is 18.6 Å². The Morgan fingerprint density at radius 1 is 1.21 bits per heavy atom. The molecule has 0 rings (SSSR count). The van der Waals surface area contributed by atoms with Crippen LogP contribution in [0.4, 0.5) is 0 Å². The third-order valence-electron chi connectivity index (χ3n) is 1.65. The Labute approximate surface area is 86.1 Å². The fourth-order valence-corrected chi connectivity index (χ4v) is 1.01. The molecule has 0 saturated heterocycles. The van der Waals surface area contributed by atoms with E-state index >= 15 is 0 Å². The van der Waals surface area contributed by atoms with Crippen LogP contribution in [0, 0.1) is 0 Å². The lowest BCUT2D eigenvalue weighted by molar-refractivity contribution is -0.161. The van der Waals surface area contributed by atoms with Gasteiger partial charge < -0.3 is 29.6 Å². The molecular weight excluding hydrogens is 215 g/mol. The van der Waals surface area contributed by atoms with Crippen molar-refractivity contribution in [2.24, 2.45) is 0 Å². The largest absolute Gasteiger partial charge is 0.436 e. The Morgan fingerprint density at radius 3 is 2.14 bits per heavy atom. The van der Waals surface area contributed by atoms with Gasteiger partial charge >= 0.3 is 0 Å². The Bertz CT molecular complexity index is 146. The van der Waals surface area contributed by atoms with E-state index in [0.29, 0.717) is 0 Å². The molecule has 4 unspecified atom stereocenters. The summed E-state index contributed by atoms with van der Waals surface area (Å²) in [6.07, 6.45) is -6.02. The zero-order chi connectivity index (χ0) is 11.1. The highest BCUT2D eigenvalue weighted by molar-refractivity contribution is 7.88. The molecular formula is C5H13BO7S. The molecule has 84 valence electrons. The van der Waals surface area contributed by atoms with Crippen molar-refractivity contribution in [2.45, 2.75) is 24.6 Å². The predicted molar refractivity (Wildman–Crippen MR) is 49.8 cm³/mol. The molecule has 4 atom stereocenters. The normalized spacial score (nSPS) is 20.1. The molecule has 0 fully saturated rings. The zero-order valence-electron chi connectivity index (χ0n) is 7.48. The van der Waals surface area contributed by atoms with Crippen LogP contribution < -0.4 is 0 Å². The van der Waals surface area contributed by atoms with Crippen molar-refractivity contribution in [1.82, 2.24) is 0 Å². The number of aliphatic hydroxyl groups is 4. The third-order valence-corrected chi connectivity index (χ3v) is 1.93. The summed E-state index contributed by atoms with van der Waals surface area (Å²) >= 11 is -0.142. The van der Waals surface area contributed by atoms with Gasteiger partial charge in [-0.25, -0.2) is 0 Å². The van der Waals surface area contributed by atoms with E-state index in [2.05, 4.69) is 8.84 Å². The van der Waals surface area contributed by atoms with E-state index in [4.69, 9.17) is 14.8 Å². The minimum absolute atomic E-state index is 0.142. The summed E-state index contributed by atoms with van der Waals surface area (Å²) in [7, 11) is 1.23. The van der Waals surface area contributed by atoms with Crippen LogP contribution in [0.5, 0.6) is 0 Å². The van der Waals surface area contributed by atoms with Crippen LogP contribution in [-0.4, -0.2) is 64.2 Å². The highest BCUT2D eigenvalue weighted by Gasteiger charge is 2.31. The SMILES string of the molecule is BOC(CO)C(O)C(O)C(O)OSO. The molecule has 0 aromatic carbocycles. The quantitative estimate of drug-likeness (QED) is 0.179. The molecule has 5 N–H and O–H groups in total. The molecule has 9 heteroatoms. The number of hydrogen-bond donors (Lipinski definition) is 5. The van der Waals surface area contributed by atoms with Gasteiger partial charge in [-0.3, -0.25) is 4.18 Å². The van der Waals surface area contributed by atoms with Crippen molar-refractivity contribution in [3.63, 3.8) is 0 Å². The summed E-state index contributed by atoms with van der Waals surface area (Å²) in [5.74, 6) is 0. The number of aliphatic hydroxyl groups excluding tert-OH is 4. The van der Waals surface area contributed by atoms with E-state index in [-0.39, 0.29) is 12.3 Å². The van der Waals surface area contributed by atoms with Crippen LogP contribution in [0.15, 0.2) is 0 Å². The molecule has 0 aromatic rings. The summed E-state index contributed by atoms with van der Waals surface area (Å²) in [5.41, 5.74) is 0. The van der Waals surface area contributed by atoms with Gasteiger partial charge in [-0.2, -0.15) is 0 Å². The van der Waals surface area contributed by atoms with E-state index in [1.807, 2.05) is 0 Å². The second-order valence-corrected chi connectivity index (χ2v) is 2.84. The van der Waals surface area contributed by atoms with E-state index in [1.54, 1.807) is 0 Å². The Hall–Kier alpha value is 0.135. The van der Waals surface area contributed by atoms with Gasteiger partial charge in [0.2, 0.25) is 0 Å². The lowest BCUT2D eigenvalue weighted by Gasteiger charge is -2.26. The summed E-state index contributed by atoms with van der Waals surface area (Å²) in [4.78, 5) is 0. The van der Waals surface area contributed by atoms with E-state index in [9.17, 15) is 10.2 Å². The minimum atomic E-state index is -1.77. The molecule has 14 heavy (non-hydrogen) atoms. The zero-order valence-corrected chi connectivity index (χ0v) is 8.29. The predicted octanol–water partition coefficient (Wildman–Crippen LogP) is -2.91. The highest BCUT2D eigenvalue weighted by Crippen LogP contribution is 2.11. The molecule has 7 nitrogen and oxygen atoms in total. The number of rotatable bonds is 7. The van der Waals surface area contributed by atoms with Gasteiger partial charge in [-0.05, 0) is 0 Å². The van der Waals surface area contributed by atoms with Gasteiger partial charge in [0.05, 0.1) is 12.7 Å². The first-order chi connectivity index (χ1) is 6.58. The van der Waals surface area contributed by atoms with Gasteiger partial charge in [0.1, 0.15) is 12.2 Å². The second-order valence-electron chi connectivity index (χ2n) is 2.50. The molecule has 0 aromatic heterocycles. The van der Waals surface area contributed by atoms with Crippen LogP contribution >= 0.6 is 12.3 Å². The molecule has 0 aliphatic carbocycles. The fraction of sp³-hybridized carbons (Fsp3) is 1.00. The standard InChI is InChI=1S/C5H13BO7S/c6-12-2(1-7)3(8)4(9)5(10)13-14-11/h2-5,7-11H,1,6H2. The first kappa shape index (κ1) is 14.1. The van der Waals surface area contributed by atoms with Crippen molar-refractivity contribution < 1.29 is 33.8 Å². The fourth-order valence-electron chi connectivity index (χ4n) is 0.812. The van der Waals surface area contributed by atoms with Crippen LogP contribution in [-0.2, 0) is 8.84 Å². The van der Waals surface area contributed by atoms with Gasteiger partial charge in [-0.15, -0.1) is 0 Å². The van der Waals surface area contributed by atoms with Crippen molar-refractivity contribution in [1.29, 1.82) is 0 Å².